The first-order valence-electron chi connectivity index (χ1n) is 6.47. The number of hydrogen-bond donors (Lipinski definition) is 1. The van der Waals surface area contributed by atoms with Gasteiger partial charge in [0.25, 0.3) is 5.91 Å². The fraction of sp³-hybridized carbons (Fsp3) is 0.467. The van der Waals surface area contributed by atoms with Crippen LogP contribution in [0, 0.1) is 5.92 Å². The van der Waals surface area contributed by atoms with E-state index in [0.29, 0.717) is 24.4 Å². The highest BCUT2D eigenvalue weighted by molar-refractivity contribution is 5.93. The molecule has 0 aliphatic carbocycles. The maximum atomic E-state index is 11.7. The van der Waals surface area contributed by atoms with Crippen LogP contribution < -0.4 is 5.32 Å². The Morgan fingerprint density at radius 2 is 1.74 bits per heavy atom. The molecule has 0 radical (unpaired) electrons. The van der Waals surface area contributed by atoms with Crippen molar-refractivity contribution in [3.05, 3.63) is 35.4 Å². The quantitative estimate of drug-likeness (QED) is 0.883. The van der Waals surface area contributed by atoms with Crippen LogP contribution in [0.5, 0.6) is 0 Å². The Morgan fingerprint density at radius 1 is 1.16 bits per heavy atom. The summed E-state index contributed by atoms with van der Waals surface area (Å²) in [5.74, 6) is 0.402. The van der Waals surface area contributed by atoms with Gasteiger partial charge in [-0.3, -0.25) is 9.59 Å². The Labute approximate surface area is 114 Å². The smallest absolute Gasteiger partial charge is 0.253 e. The summed E-state index contributed by atoms with van der Waals surface area (Å²) in [5, 5.41) is 2.87. The van der Waals surface area contributed by atoms with Gasteiger partial charge >= 0.3 is 0 Å². The van der Waals surface area contributed by atoms with Crippen molar-refractivity contribution < 1.29 is 9.59 Å². The van der Waals surface area contributed by atoms with Gasteiger partial charge in [0.1, 0.15) is 0 Å². The summed E-state index contributed by atoms with van der Waals surface area (Å²) in [6.07, 6.45) is 0.539. The van der Waals surface area contributed by atoms with Gasteiger partial charge in [0.2, 0.25) is 5.91 Å². The summed E-state index contributed by atoms with van der Waals surface area (Å²) < 4.78 is 0. The molecule has 1 rings (SSSR count). The van der Waals surface area contributed by atoms with Gasteiger partial charge in [0, 0.05) is 32.6 Å². The fourth-order valence-corrected chi connectivity index (χ4v) is 1.67. The molecule has 1 aromatic carbocycles. The van der Waals surface area contributed by atoms with E-state index in [2.05, 4.69) is 5.32 Å². The van der Waals surface area contributed by atoms with Crippen molar-refractivity contribution in [2.24, 2.45) is 5.92 Å². The summed E-state index contributed by atoms with van der Waals surface area (Å²) in [6, 6.07) is 7.30. The normalized spacial score (nSPS) is 10.4. The minimum Gasteiger partial charge on any atom is -0.352 e. The zero-order chi connectivity index (χ0) is 14.4. The van der Waals surface area contributed by atoms with E-state index >= 15 is 0 Å². The lowest BCUT2D eigenvalue weighted by Crippen LogP contribution is -2.24. The molecule has 0 aromatic heterocycles. The standard InChI is InChI=1S/C15H22N2O2/c1-11(2)9-14(18)16-10-12-5-7-13(8-6-12)15(19)17(3)4/h5-8,11H,9-10H2,1-4H3,(H,16,18). The van der Waals surface area contributed by atoms with Crippen LogP contribution in [-0.2, 0) is 11.3 Å². The molecule has 0 bridgehead atoms. The molecule has 0 heterocycles. The number of carbonyl (C=O) groups excluding carboxylic acids is 2. The maximum absolute atomic E-state index is 11.7. The van der Waals surface area contributed by atoms with Gasteiger partial charge in [-0.15, -0.1) is 0 Å². The van der Waals surface area contributed by atoms with Crippen molar-refractivity contribution in [2.45, 2.75) is 26.8 Å². The number of amides is 2. The number of hydrogen-bond acceptors (Lipinski definition) is 2. The van der Waals surface area contributed by atoms with Crippen molar-refractivity contribution >= 4 is 11.8 Å². The van der Waals surface area contributed by atoms with Crippen molar-refractivity contribution in [2.75, 3.05) is 14.1 Å². The Bertz CT molecular complexity index is 436. The lowest BCUT2D eigenvalue weighted by Gasteiger charge is -2.11. The van der Waals surface area contributed by atoms with E-state index in [1.807, 2.05) is 26.0 Å². The SMILES string of the molecule is CC(C)CC(=O)NCc1ccc(C(=O)N(C)C)cc1. The van der Waals surface area contributed by atoms with Crippen molar-refractivity contribution in [3.8, 4) is 0 Å². The molecule has 1 aromatic rings. The van der Waals surface area contributed by atoms with E-state index in [9.17, 15) is 9.59 Å². The lowest BCUT2D eigenvalue weighted by molar-refractivity contribution is -0.121. The van der Waals surface area contributed by atoms with Crippen LogP contribution in [0.4, 0.5) is 0 Å². The van der Waals surface area contributed by atoms with Gasteiger partial charge in [-0.25, -0.2) is 0 Å². The van der Waals surface area contributed by atoms with Crippen molar-refractivity contribution in [1.82, 2.24) is 10.2 Å². The molecule has 4 nitrogen and oxygen atoms in total. The average molecular weight is 262 g/mol. The highest BCUT2D eigenvalue weighted by atomic mass is 16.2. The van der Waals surface area contributed by atoms with Gasteiger partial charge in [-0.05, 0) is 23.6 Å². The number of benzene rings is 1. The van der Waals surface area contributed by atoms with E-state index in [4.69, 9.17) is 0 Å². The molecule has 0 saturated heterocycles. The van der Waals surface area contributed by atoms with Crippen LogP contribution in [0.3, 0.4) is 0 Å². The van der Waals surface area contributed by atoms with Crippen LogP contribution in [0.2, 0.25) is 0 Å². The van der Waals surface area contributed by atoms with E-state index in [1.165, 1.54) is 0 Å². The molecule has 1 N–H and O–H groups in total. The zero-order valence-electron chi connectivity index (χ0n) is 12.1. The van der Waals surface area contributed by atoms with Crippen molar-refractivity contribution in [3.63, 3.8) is 0 Å². The Balaban J connectivity index is 2.53. The number of rotatable bonds is 5. The highest BCUT2D eigenvalue weighted by Gasteiger charge is 2.08. The minimum atomic E-state index is -0.0182. The van der Waals surface area contributed by atoms with Crippen LogP contribution >= 0.6 is 0 Å². The lowest BCUT2D eigenvalue weighted by atomic mass is 10.1. The first kappa shape index (κ1) is 15.2. The predicted octanol–water partition coefficient (Wildman–Crippen LogP) is 2.05. The summed E-state index contributed by atoms with van der Waals surface area (Å²) >= 11 is 0. The average Bonchev–Trinajstić information content (AvgIpc) is 2.35. The molecule has 0 spiro atoms. The maximum Gasteiger partial charge on any atom is 0.253 e. The second-order valence-corrected chi connectivity index (χ2v) is 5.27. The molecule has 4 heteroatoms. The minimum absolute atomic E-state index is 0.0182. The molecule has 0 aliphatic heterocycles. The Kier molecular flexibility index (Phi) is 5.55. The van der Waals surface area contributed by atoms with Crippen molar-refractivity contribution in [1.29, 1.82) is 0 Å². The van der Waals surface area contributed by atoms with Crippen LogP contribution in [-0.4, -0.2) is 30.8 Å². The first-order chi connectivity index (χ1) is 8.90. The molecule has 0 unspecified atom stereocenters. The second-order valence-electron chi connectivity index (χ2n) is 5.27. The van der Waals surface area contributed by atoms with E-state index in [0.717, 1.165) is 5.56 Å². The molecule has 0 atom stereocenters. The summed E-state index contributed by atoms with van der Waals surface area (Å²) in [5.41, 5.74) is 1.65. The van der Waals surface area contributed by atoms with Gasteiger partial charge in [0.05, 0.1) is 0 Å². The third-order valence-corrected chi connectivity index (χ3v) is 2.69. The molecule has 19 heavy (non-hydrogen) atoms. The molecule has 2 amide bonds. The number of nitrogens with zero attached hydrogens (tertiary/aromatic N) is 1. The summed E-state index contributed by atoms with van der Waals surface area (Å²) in [7, 11) is 3.45. The molecule has 104 valence electrons. The molecular formula is C15H22N2O2. The largest absolute Gasteiger partial charge is 0.352 e. The Morgan fingerprint density at radius 3 is 2.21 bits per heavy atom. The summed E-state index contributed by atoms with van der Waals surface area (Å²) in [4.78, 5) is 24.8. The molecule has 0 fully saturated rings. The van der Waals surface area contributed by atoms with Crippen LogP contribution in [0.1, 0.15) is 36.2 Å². The van der Waals surface area contributed by atoms with E-state index < -0.39 is 0 Å². The molecule has 0 aliphatic rings. The predicted molar refractivity (Wildman–Crippen MR) is 75.8 cm³/mol. The second kappa shape index (κ2) is 6.92. The number of carbonyl (C=O) groups is 2. The fourth-order valence-electron chi connectivity index (χ4n) is 1.67. The third-order valence-electron chi connectivity index (χ3n) is 2.69. The van der Waals surface area contributed by atoms with E-state index in [-0.39, 0.29) is 11.8 Å². The van der Waals surface area contributed by atoms with Crippen LogP contribution in [0.15, 0.2) is 24.3 Å². The number of nitrogens with one attached hydrogen (secondary N) is 1. The van der Waals surface area contributed by atoms with Gasteiger partial charge < -0.3 is 10.2 Å². The van der Waals surface area contributed by atoms with E-state index in [1.54, 1.807) is 31.1 Å². The highest BCUT2D eigenvalue weighted by Crippen LogP contribution is 2.07. The molecule has 0 saturated carbocycles. The van der Waals surface area contributed by atoms with Gasteiger partial charge in [-0.1, -0.05) is 26.0 Å². The molecular weight excluding hydrogens is 240 g/mol. The summed E-state index contributed by atoms with van der Waals surface area (Å²) in [6.45, 7) is 4.53. The van der Waals surface area contributed by atoms with Crippen LogP contribution in [0.25, 0.3) is 0 Å². The third kappa shape index (κ3) is 5.12. The first-order valence-corrected chi connectivity index (χ1v) is 6.47. The van der Waals surface area contributed by atoms with Gasteiger partial charge in [0.15, 0.2) is 0 Å². The zero-order valence-corrected chi connectivity index (χ0v) is 12.1. The van der Waals surface area contributed by atoms with Gasteiger partial charge in [-0.2, -0.15) is 0 Å². The Hall–Kier alpha value is -1.84. The topological polar surface area (TPSA) is 49.4 Å². The monoisotopic (exact) mass is 262 g/mol.